The van der Waals surface area contributed by atoms with Crippen LogP contribution in [0.3, 0.4) is 0 Å². The molecule has 80 valence electrons. The van der Waals surface area contributed by atoms with Crippen molar-refractivity contribution in [2.24, 2.45) is 0 Å². The minimum absolute atomic E-state index is 0. The summed E-state index contributed by atoms with van der Waals surface area (Å²) in [6.45, 7) is 0. The Morgan fingerprint density at radius 1 is 1.40 bits per heavy atom. The number of benzene rings is 1. The van der Waals surface area contributed by atoms with Crippen molar-refractivity contribution in [1.29, 1.82) is 0 Å². The van der Waals surface area contributed by atoms with Crippen molar-refractivity contribution in [2.45, 2.75) is 0 Å². The van der Waals surface area contributed by atoms with Crippen LogP contribution in [0, 0.1) is 5.82 Å². The summed E-state index contributed by atoms with van der Waals surface area (Å²) in [5.74, 6) is -0.388. The first-order chi connectivity index (χ1) is 6.66. The summed E-state index contributed by atoms with van der Waals surface area (Å²) in [4.78, 5) is 0. The Hall–Kier alpha value is -1.07. The Balaban J connectivity index is 0.00000112. The molecule has 2 rings (SSSR count). The Bertz CT molecular complexity index is 472. The van der Waals surface area contributed by atoms with E-state index in [2.05, 4.69) is 21.0 Å². The molecule has 6 heteroatoms. The molecule has 0 bridgehead atoms. The van der Waals surface area contributed by atoms with E-state index < -0.39 is 0 Å². The summed E-state index contributed by atoms with van der Waals surface area (Å²) in [5, 5.41) is 3.97. The van der Waals surface area contributed by atoms with Gasteiger partial charge >= 0.3 is 0 Å². The summed E-state index contributed by atoms with van der Waals surface area (Å²) >= 11 is 3.24. The van der Waals surface area contributed by atoms with Gasteiger partial charge in [0.05, 0.1) is 10.7 Å². The Kier molecular flexibility index (Phi) is 3.71. The van der Waals surface area contributed by atoms with Crippen LogP contribution in [0.5, 0.6) is 0 Å². The van der Waals surface area contributed by atoms with Crippen LogP contribution in [-0.2, 0) is 0 Å². The molecule has 2 N–H and O–H groups in total. The van der Waals surface area contributed by atoms with Crippen LogP contribution >= 0.6 is 28.3 Å². The zero-order chi connectivity index (χ0) is 10.1. The van der Waals surface area contributed by atoms with Gasteiger partial charge in [-0.15, -0.1) is 12.4 Å². The van der Waals surface area contributed by atoms with Crippen LogP contribution in [0.2, 0.25) is 0 Å². The largest absolute Gasteiger partial charge is 0.399 e. The molecular formula is C9H8BrClFN3. The minimum Gasteiger partial charge on any atom is -0.399 e. The second-order valence-corrected chi connectivity index (χ2v) is 3.73. The summed E-state index contributed by atoms with van der Waals surface area (Å²) in [6, 6.07) is 4.49. The average molecular weight is 293 g/mol. The van der Waals surface area contributed by atoms with Gasteiger partial charge in [0.25, 0.3) is 0 Å². The van der Waals surface area contributed by atoms with Gasteiger partial charge in [-0.1, -0.05) is 0 Å². The van der Waals surface area contributed by atoms with Gasteiger partial charge in [0.1, 0.15) is 5.69 Å². The van der Waals surface area contributed by atoms with E-state index in [1.165, 1.54) is 10.7 Å². The molecule has 15 heavy (non-hydrogen) atoms. The smallest absolute Gasteiger partial charge is 0.150 e. The van der Waals surface area contributed by atoms with Gasteiger partial charge in [-0.25, -0.2) is 9.07 Å². The standard InChI is InChI=1S/C9H7BrFN3.ClH/c10-6-4-13-14(5-6)9-2-1-7(12)3-8(9)11;/h1-5H,12H2;1H. The number of hydrogen-bond donors (Lipinski definition) is 1. The van der Waals surface area contributed by atoms with Gasteiger partial charge < -0.3 is 5.73 Å². The molecule has 0 saturated carbocycles. The SMILES string of the molecule is Cl.Nc1ccc(-n2cc(Br)cn2)c(F)c1. The van der Waals surface area contributed by atoms with Crippen LogP contribution in [0.25, 0.3) is 5.69 Å². The van der Waals surface area contributed by atoms with Gasteiger partial charge in [-0.2, -0.15) is 5.10 Å². The third-order valence-electron chi connectivity index (χ3n) is 1.77. The Morgan fingerprint density at radius 3 is 2.67 bits per heavy atom. The maximum absolute atomic E-state index is 13.4. The number of nitrogens with two attached hydrogens (primary N) is 1. The van der Waals surface area contributed by atoms with E-state index in [1.54, 1.807) is 24.5 Å². The lowest BCUT2D eigenvalue weighted by atomic mass is 10.3. The van der Waals surface area contributed by atoms with Gasteiger partial charge in [-0.3, -0.25) is 0 Å². The number of anilines is 1. The second-order valence-electron chi connectivity index (χ2n) is 2.81. The summed E-state index contributed by atoms with van der Waals surface area (Å²) < 4.78 is 15.6. The highest BCUT2D eigenvalue weighted by Gasteiger charge is 2.05. The van der Waals surface area contributed by atoms with E-state index in [0.717, 1.165) is 4.47 Å². The lowest BCUT2D eigenvalue weighted by Gasteiger charge is -2.03. The van der Waals surface area contributed by atoms with Crippen LogP contribution < -0.4 is 5.73 Å². The first-order valence-corrected chi connectivity index (χ1v) is 4.72. The monoisotopic (exact) mass is 291 g/mol. The Labute approximate surface area is 101 Å². The van der Waals surface area contributed by atoms with E-state index in [0.29, 0.717) is 11.4 Å². The van der Waals surface area contributed by atoms with E-state index in [9.17, 15) is 4.39 Å². The molecule has 0 spiro atoms. The molecule has 1 aromatic heterocycles. The van der Waals surface area contributed by atoms with Crippen LogP contribution in [-0.4, -0.2) is 9.78 Å². The third kappa shape index (κ3) is 2.49. The van der Waals surface area contributed by atoms with Crippen molar-refractivity contribution < 1.29 is 4.39 Å². The fraction of sp³-hybridized carbons (Fsp3) is 0. The molecule has 0 aliphatic rings. The second kappa shape index (κ2) is 4.63. The molecule has 1 aromatic carbocycles. The molecule has 0 aliphatic heterocycles. The zero-order valence-corrected chi connectivity index (χ0v) is 9.93. The highest BCUT2D eigenvalue weighted by molar-refractivity contribution is 9.10. The number of nitrogen functional groups attached to an aromatic ring is 1. The molecule has 0 aliphatic carbocycles. The molecular weight excluding hydrogens is 284 g/mol. The van der Waals surface area contributed by atoms with E-state index in [1.807, 2.05) is 0 Å². The van der Waals surface area contributed by atoms with Gasteiger partial charge in [0.15, 0.2) is 5.82 Å². The number of nitrogens with zero attached hydrogens (tertiary/aromatic N) is 2. The van der Waals surface area contributed by atoms with E-state index >= 15 is 0 Å². The average Bonchev–Trinajstić information content (AvgIpc) is 2.51. The molecule has 1 heterocycles. The Morgan fingerprint density at radius 2 is 2.13 bits per heavy atom. The maximum atomic E-state index is 13.4. The fourth-order valence-electron chi connectivity index (χ4n) is 1.14. The predicted molar refractivity (Wildman–Crippen MR) is 62.9 cm³/mol. The summed E-state index contributed by atoms with van der Waals surface area (Å²) in [6.07, 6.45) is 3.27. The number of rotatable bonds is 1. The van der Waals surface area contributed by atoms with Crippen molar-refractivity contribution in [3.8, 4) is 5.69 Å². The molecule has 3 nitrogen and oxygen atoms in total. The fourth-order valence-corrected chi connectivity index (χ4v) is 1.43. The van der Waals surface area contributed by atoms with Crippen molar-refractivity contribution in [2.75, 3.05) is 5.73 Å². The van der Waals surface area contributed by atoms with E-state index in [-0.39, 0.29) is 18.2 Å². The number of halogens is 3. The first-order valence-electron chi connectivity index (χ1n) is 3.92. The first kappa shape index (κ1) is 12.0. The highest BCUT2D eigenvalue weighted by atomic mass is 79.9. The normalized spacial score (nSPS) is 9.73. The van der Waals surface area contributed by atoms with Crippen LogP contribution in [0.4, 0.5) is 10.1 Å². The quantitative estimate of drug-likeness (QED) is 0.821. The lowest BCUT2D eigenvalue weighted by Crippen LogP contribution is -1.98. The maximum Gasteiger partial charge on any atom is 0.150 e. The summed E-state index contributed by atoms with van der Waals surface area (Å²) in [5.41, 5.74) is 6.21. The molecule has 2 aromatic rings. The van der Waals surface area contributed by atoms with Gasteiger partial charge in [0, 0.05) is 11.9 Å². The highest BCUT2D eigenvalue weighted by Crippen LogP contribution is 2.17. The van der Waals surface area contributed by atoms with Crippen molar-refractivity contribution in [1.82, 2.24) is 9.78 Å². The minimum atomic E-state index is -0.388. The number of aromatic nitrogens is 2. The molecule has 0 saturated heterocycles. The third-order valence-corrected chi connectivity index (χ3v) is 2.18. The van der Waals surface area contributed by atoms with Crippen LogP contribution in [0.15, 0.2) is 35.1 Å². The van der Waals surface area contributed by atoms with Gasteiger partial charge in [0.2, 0.25) is 0 Å². The predicted octanol–water partition coefficient (Wildman–Crippen LogP) is 2.78. The molecule has 0 fully saturated rings. The summed E-state index contributed by atoms with van der Waals surface area (Å²) in [7, 11) is 0. The molecule has 0 atom stereocenters. The molecule has 0 amide bonds. The molecule has 0 radical (unpaired) electrons. The lowest BCUT2D eigenvalue weighted by molar-refractivity contribution is 0.611. The van der Waals surface area contributed by atoms with Gasteiger partial charge in [-0.05, 0) is 34.1 Å². The topological polar surface area (TPSA) is 43.8 Å². The van der Waals surface area contributed by atoms with Crippen molar-refractivity contribution >= 4 is 34.0 Å². The number of hydrogen-bond acceptors (Lipinski definition) is 2. The zero-order valence-electron chi connectivity index (χ0n) is 7.52. The van der Waals surface area contributed by atoms with Crippen LogP contribution in [0.1, 0.15) is 0 Å². The van der Waals surface area contributed by atoms with Crippen molar-refractivity contribution in [3.63, 3.8) is 0 Å². The molecule has 0 unspecified atom stereocenters. The van der Waals surface area contributed by atoms with E-state index in [4.69, 9.17) is 5.73 Å². The van der Waals surface area contributed by atoms with Crippen molar-refractivity contribution in [3.05, 3.63) is 40.9 Å².